The number of aromatic nitrogens is 2. The van der Waals surface area contributed by atoms with Gasteiger partial charge in [-0.1, -0.05) is 6.07 Å². The second-order valence-corrected chi connectivity index (χ2v) is 4.62. The molecule has 1 aromatic carbocycles. The van der Waals surface area contributed by atoms with Gasteiger partial charge in [-0.05, 0) is 36.4 Å². The first-order chi connectivity index (χ1) is 8.83. The molecule has 0 fully saturated rings. The zero-order valence-corrected chi connectivity index (χ0v) is 10.2. The van der Waals surface area contributed by atoms with Crippen LogP contribution >= 0.6 is 11.3 Å². The van der Waals surface area contributed by atoms with E-state index in [4.69, 9.17) is 0 Å². The summed E-state index contributed by atoms with van der Waals surface area (Å²) in [4.78, 5) is 8.77. The van der Waals surface area contributed by atoms with E-state index in [1.807, 2.05) is 23.6 Å². The average molecular weight is 256 g/mol. The Bertz CT molecular complexity index is 647. The molecule has 2 heterocycles. The standard InChI is InChI=1S/C14H9FN2S/c15-11-6-4-10(5-7-11)14-17-13(9-18-14)12-3-1-2-8-16-12/h1-9H. The van der Waals surface area contributed by atoms with Crippen molar-refractivity contribution in [3.63, 3.8) is 0 Å². The van der Waals surface area contributed by atoms with E-state index >= 15 is 0 Å². The third-order valence-corrected chi connectivity index (χ3v) is 3.41. The third kappa shape index (κ3) is 2.15. The van der Waals surface area contributed by atoms with Crippen LogP contribution in [0.4, 0.5) is 4.39 Å². The van der Waals surface area contributed by atoms with Gasteiger partial charge in [0.15, 0.2) is 0 Å². The molecule has 0 radical (unpaired) electrons. The third-order valence-electron chi connectivity index (χ3n) is 2.52. The van der Waals surface area contributed by atoms with Crippen LogP contribution in [0.1, 0.15) is 0 Å². The number of benzene rings is 1. The molecule has 88 valence electrons. The fraction of sp³-hybridized carbons (Fsp3) is 0. The Morgan fingerprint density at radius 3 is 2.50 bits per heavy atom. The van der Waals surface area contributed by atoms with Gasteiger partial charge in [-0.15, -0.1) is 11.3 Å². The van der Waals surface area contributed by atoms with Crippen molar-refractivity contribution < 1.29 is 4.39 Å². The molecule has 0 atom stereocenters. The summed E-state index contributed by atoms with van der Waals surface area (Å²) in [5.41, 5.74) is 2.62. The smallest absolute Gasteiger partial charge is 0.124 e. The first-order valence-electron chi connectivity index (χ1n) is 5.46. The minimum atomic E-state index is -0.236. The van der Waals surface area contributed by atoms with Gasteiger partial charge >= 0.3 is 0 Å². The summed E-state index contributed by atoms with van der Waals surface area (Å²) in [6, 6.07) is 12.1. The van der Waals surface area contributed by atoms with E-state index in [0.717, 1.165) is 22.0 Å². The highest BCUT2D eigenvalue weighted by molar-refractivity contribution is 7.13. The van der Waals surface area contributed by atoms with E-state index in [2.05, 4.69) is 9.97 Å². The number of rotatable bonds is 2. The molecule has 0 bridgehead atoms. The SMILES string of the molecule is Fc1ccc(-c2nc(-c3ccccn3)cs2)cc1. The van der Waals surface area contributed by atoms with Crippen molar-refractivity contribution in [2.75, 3.05) is 0 Å². The number of pyridine rings is 1. The fourth-order valence-corrected chi connectivity index (χ4v) is 2.45. The van der Waals surface area contributed by atoms with E-state index in [-0.39, 0.29) is 5.82 Å². The minimum absolute atomic E-state index is 0.236. The van der Waals surface area contributed by atoms with Crippen LogP contribution in [-0.4, -0.2) is 9.97 Å². The largest absolute Gasteiger partial charge is 0.255 e. The highest BCUT2D eigenvalue weighted by Gasteiger charge is 2.07. The van der Waals surface area contributed by atoms with Crippen LogP contribution in [0.15, 0.2) is 54.0 Å². The first-order valence-corrected chi connectivity index (χ1v) is 6.34. The van der Waals surface area contributed by atoms with E-state index < -0.39 is 0 Å². The van der Waals surface area contributed by atoms with Gasteiger partial charge in [0, 0.05) is 17.1 Å². The summed E-state index contributed by atoms with van der Waals surface area (Å²) in [7, 11) is 0. The van der Waals surface area contributed by atoms with E-state index in [0.29, 0.717) is 0 Å². The summed E-state index contributed by atoms with van der Waals surface area (Å²) in [5.74, 6) is -0.236. The van der Waals surface area contributed by atoms with E-state index in [1.165, 1.54) is 23.5 Å². The number of halogens is 1. The Morgan fingerprint density at radius 1 is 0.944 bits per heavy atom. The highest BCUT2D eigenvalue weighted by atomic mass is 32.1. The lowest BCUT2D eigenvalue weighted by Crippen LogP contribution is -1.82. The lowest BCUT2D eigenvalue weighted by molar-refractivity contribution is 0.628. The maximum atomic E-state index is 12.8. The van der Waals surface area contributed by atoms with Crippen molar-refractivity contribution in [2.45, 2.75) is 0 Å². The summed E-state index contributed by atoms with van der Waals surface area (Å²) < 4.78 is 12.8. The Labute approximate surface area is 108 Å². The van der Waals surface area contributed by atoms with Crippen LogP contribution in [-0.2, 0) is 0 Å². The highest BCUT2D eigenvalue weighted by Crippen LogP contribution is 2.27. The van der Waals surface area contributed by atoms with Gasteiger partial charge in [-0.2, -0.15) is 0 Å². The zero-order valence-electron chi connectivity index (χ0n) is 9.38. The van der Waals surface area contributed by atoms with Crippen LogP contribution in [0.3, 0.4) is 0 Å². The minimum Gasteiger partial charge on any atom is -0.255 e. The molecule has 0 saturated heterocycles. The van der Waals surface area contributed by atoms with Crippen molar-refractivity contribution in [1.82, 2.24) is 9.97 Å². The molecule has 2 aromatic heterocycles. The van der Waals surface area contributed by atoms with Crippen molar-refractivity contribution in [1.29, 1.82) is 0 Å². The van der Waals surface area contributed by atoms with Crippen LogP contribution in [0.5, 0.6) is 0 Å². The molecule has 0 unspecified atom stereocenters. The molecule has 0 saturated carbocycles. The average Bonchev–Trinajstić information content (AvgIpc) is 2.90. The molecule has 3 aromatic rings. The van der Waals surface area contributed by atoms with Gasteiger partial charge in [0.1, 0.15) is 16.5 Å². The van der Waals surface area contributed by atoms with Crippen molar-refractivity contribution in [3.8, 4) is 22.0 Å². The molecule has 0 aliphatic heterocycles. The van der Waals surface area contributed by atoms with E-state index in [1.54, 1.807) is 18.3 Å². The molecule has 2 nitrogen and oxygen atoms in total. The second-order valence-electron chi connectivity index (χ2n) is 3.76. The second kappa shape index (κ2) is 4.66. The Hall–Kier alpha value is -2.07. The van der Waals surface area contributed by atoms with Gasteiger partial charge in [0.05, 0.1) is 5.69 Å². The maximum absolute atomic E-state index is 12.8. The van der Waals surface area contributed by atoms with Gasteiger partial charge in [0.2, 0.25) is 0 Å². The van der Waals surface area contributed by atoms with E-state index in [9.17, 15) is 4.39 Å². The molecule has 0 amide bonds. The Kier molecular flexibility index (Phi) is 2.86. The predicted molar refractivity (Wildman–Crippen MR) is 70.7 cm³/mol. The summed E-state index contributed by atoms with van der Waals surface area (Å²) >= 11 is 1.53. The molecule has 4 heteroatoms. The van der Waals surface area contributed by atoms with Crippen LogP contribution in [0.2, 0.25) is 0 Å². The summed E-state index contributed by atoms with van der Waals surface area (Å²) in [5, 5.41) is 2.83. The number of nitrogens with zero attached hydrogens (tertiary/aromatic N) is 2. The Morgan fingerprint density at radius 2 is 1.78 bits per heavy atom. The lowest BCUT2D eigenvalue weighted by Gasteiger charge is -1.96. The molecule has 0 N–H and O–H groups in total. The lowest BCUT2D eigenvalue weighted by atomic mass is 10.2. The summed E-state index contributed by atoms with van der Waals surface area (Å²) in [6.07, 6.45) is 1.74. The maximum Gasteiger partial charge on any atom is 0.124 e. The van der Waals surface area contributed by atoms with Crippen molar-refractivity contribution in [3.05, 3.63) is 59.9 Å². The van der Waals surface area contributed by atoms with Gasteiger partial charge in [-0.3, -0.25) is 4.98 Å². The van der Waals surface area contributed by atoms with Crippen molar-refractivity contribution >= 4 is 11.3 Å². The molecular weight excluding hydrogens is 247 g/mol. The monoisotopic (exact) mass is 256 g/mol. The quantitative estimate of drug-likeness (QED) is 0.692. The predicted octanol–water partition coefficient (Wildman–Crippen LogP) is 4.01. The zero-order chi connectivity index (χ0) is 12.4. The molecule has 0 spiro atoms. The fourth-order valence-electron chi connectivity index (χ4n) is 1.63. The topological polar surface area (TPSA) is 25.8 Å². The first kappa shape index (κ1) is 11.0. The van der Waals surface area contributed by atoms with Crippen molar-refractivity contribution in [2.24, 2.45) is 0 Å². The normalized spacial score (nSPS) is 10.5. The molecule has 0 aliphatic carbocycles. The van der Waals surface area contributed by atoms with Crippen LogP contribution < -0.4 is 0 Å². The van der Waals surface area contributed by atoms with Crippen LogP contribution in [0, 0.1) is 5.82 Å². The molecule has 18 heavy (non-hydrogen) atoms. The van der Waals surface area contributed by atoms with Gasteiger partial charge in [0.25, 0.3) is 0 Å². The number of thiazole rings is 1. The molecule has 0 aliphatic rings. The molecule has 3 rings (SSSR count). The van der Waals surface area contributed by atoms with Crippen LogP contribution in [0.25, 0.3) is 22.0 Å². The van der Waals surface area contributed by atoms with Gasteiger partial charge < -0.3 is 0 Å². The summed E-state index contributed by atoms with van der Waals surface area (Å²) in [6.45, 7) is 0. The number of hydrogen-bond acceptors (Lipinski definition) is 3. The number of hydrogen-bond donors (Lipinski definition) is 0. The Balaban J connectivity index is 1.97. The van der Waals surface area contributed by atoms with Gasteiger partial charge in [-0.25, -0.2) is 9.37 Å². The molecular formula is C14H9FN2S.